The molecule has 0 atom stereocenters. The maximum absolute atomic E-state index is 9.43. The molecule has 1 aromatic rings. The summed E-state index contributed by atoms with van der Waals surface area (Å²) in [6, 6.07) is 10.2. The monoisotopic (exact) mass is 308 g/mol. The number of aliphatic carboxylic acids is 2. The average molecular weight is 308 g/mol. The normalized spacial score (nSPS) is 8.36. The van der Waals surface area contributed by atoms with E-state index in [4.69, 9.17) is 10.2 Å². The molecule has 0 aliphatic carbocycles. The second-order valence-corrected chi connectivity index (χ2v) is 3.51. The van der Waals surface area contributed by atoms with Crippen molar-refractivity contribution < 1.29 is 19.8 Å². The van der Waals surface area contributed by atoms with Crippen LogP contribution in [0.1, 0.15) is 6.42 Å². The van der Waals surface area contributed by atoms with Gasteiger partial charge in [0.05, 0.1) is 0 Å². The molecule has 0 saturated heterocycles. The minimum absolute atomic E-state index is 0.806. The van der Waals surface area contributed by atoms with Gasteiger partial charge in [-0.25, -0.2) is 0 Å². The van der Waals surface area contributed by atoms with Crippen molar-refractivity contribution >= 4 is 34.5 Å². The van der Waals surface area contributed by atoms with Gasteiger partial charge < -0.3 is 10.2 Å². The van der Waals surface area contributed by atoms with E-state index in [-0.39, 0.29) is 0 Å². The molecule has 2 N–H and O–H groups in total. The predicted octanol–water partition coefficient (Wildman–Crippen LogP) is 1.84. The molecular weight excluding hydrogens is 299 g/mol. The molecule has 0 aliphatic heterocycles. The molecule has 0 radical (unpaired) electrons. The minimum Gasteiger partial charge on any atom is -0.481 e. The van der Waals surface area contributed by atoms with Crippen LogP contribution in [0.25, 0.3) is 0 Å². The van der Waals surface area contributed by atoms with Gasteiger partial charge in [-0.05, 0) is 34.7 Å². The van der Waals surface area contributed by atoms with Gasteiger partial charge in [0.25, 0.3) is 0 Å². The maximum atomic E-state index is 9.43. The highest BCUT2D eigenvalue weighted by Gasteiger charge is 2.01. The van der Waals surface area contributed by atoms with Gasteiger partial charge >= 0.3 is 11.9 Å². The first kappa shape index (κ1) is 12.9. The third-order valence-electron chi connectivity index (χ3n) is 1.04. The third kappa shape index (κ3) is 8.98. The van der Waals surface area contributed by atoms with Crippen LogP contribution >= 0.6 is 22.6 Å². The molecule has 76 valence electrons. The van der Waals surface area contributed by atoms with Crippen molar-refractivity contribution in [3.8, 4) is 0 Å². The molecule has 0 bridgehead atoms. The summed E-state index contributed by atoms with van der Waals surface area (Å²) in [5, 5.41) is 15.4. The summed E-state index contributed by atoms with van der Waals surface area (Å²) in [7, 11) is 0. The largest absolute Gasteiger partial charge is 0.481 e. The number of benzene rings is 1. The number of rotatable bonds is 2. The Morgan fingerprint density at radius 3 is 1.64 bits per heavy atom. The van der Waals surface area contributed by atoms with Crippen LogP contribution in [0, 0.1) is 3.57 Å². The molecule has 0 spiro atoms. The van der Waals surface area contributed by atoms with Gasteiger partial charge in [-0.2, -0.15) is 0 Å². The Kier molecular flexibility index (Phi) is 6.73. The second-order valence-electron chi connectivity index (χ2n) is 2.26. The fourth-order valence-electron chi connectivity index (χ4n) is 0.544. The van der Waals surface area contributed by atoms with Gasteiger partial charge in [0.2, 0.25) is 0 Å². The summed E-state index contributed by atoms with van der Waals surface area (Å²) >= 11 is 2.28. The average Bonchev–Trinajstić information content (AvgIpc) is 2.03. The molecular formula is C9H9IO4. The first-order chi connectivity index (χ1) is 6.52. The van der Waals surface area contributed by atoms with Gasteiger partial charge in [-0.15, -0.1) is 0 Å². The molecule has 1 aromatic carbocycles. The van der Waals surface area contributed by atoms with Crippen LogP contribution < -0.4 is 0 Å². The van der Waals surface area contributed by atoms with Crippen molar-refractivity contribution in [2.24, 2.45) is 0 Å². The van der Waals surface area contributed by atoms with Crippen LogP contribution in [0.5, 0.6) is 0 Å². The van der Waals surface area contributed by atoms with Gasteiger partial charge in [-0.3, -0.25) is 9.59 Å². The molecule has 1 rings (SSSR count). The number of carboxylic acid groups (broad SMARTS) is 2. The molecule has 4 nitrogen and oxygen atoms in total. The topological polar surface area (TPSA) is 74.6 Å². The Labute approximate surface area is 94.7 Å². The van der Waals surface area contributed by atoms with E-state index in [2.05, 4.69) is 34.7 Å². The lowest BCUT2D eigenvalue weighted by atomic mass is 10.4. The fourth-order valence-corrected chi connectivity index (χ4v) is 0.959. The van der Waals surface area contributed by atoms with E-state index in [0.29, 0.717) is 0 Å². The molecule has 14 heavy (non-hydrogen) atoms. The lowest BCUT2D eigenvalue weighted by Crippen LogP contribution is -2.03. The Morgan fingerprint density at radius 2 is 1.50 bits per heavy atom. The van der Waals surface area contributed by atoms with E-state index in [1.54, 1.807) is 0 Å². The quantitative estimate of drug-likeness (QED) is 0.646. The molecule has 0 aromatic heterocycles. The zero-order valence-electron chi connectivity index (χ0n) is 7.18. The van der Waals surface area contributed by atoms with E-state index < -0.39 is 18.4 Å². The van der Waals surface area contributed by atoms with Crippen molar-refractivity contribution in [3.63, 3.8) is 0 Å². The molecule has 0 amide bonds. The van der Waals surface area contributed by atoms with Crippen LogP contribution in [-0.2, 0) is 9.59 Å². The van der Waals surface area contributed by atoms with E-state index in [9.17, 15) is 9.59 Å². The third-order valence-corrected chi connectivity index (χ3v) is 1.75. The van der Waals surface area contributed by atoms with Crippen LogP contribution in [0.15, 0.2) is 30.3 Å². The summed E-state index contributed by atoms with van der Waals surface area (Å²) < 4.78 is 1.29. The van der Waals surface area contributed by atoms with E-state index in [0.717, 1.165) is 0 Å². The van der Waals surface area contributed by atoms with Gasteiger partial charge in [-0.1, -0.05) is 18.2 Å². The fraction of sp³-hybridized carbons (Fsp3) is 0.111. The summed E-state index contributed by atoms with van der Waals surface area (Å²) in [6.45, 7) is 0. The maximum Gasteiger partial charge on any atom is 0.314 e. The molecule has 0 heterocycles. The number of halogens is 1. The van der Waals surface area contributed by atoms with Crippen molar-refractivity contribution in [1.29, 1.82) is 0 Å². The molecule has 0 unspecified atom stereocenters. The molecule has 0 aliphatic rings. The summed E-state index contributed by atoms with van der Waals surface area (Å²) in [6.07, 6.45) is -0.806. The lowest BCUT2D eigenvalue weighted by molar-refractivity contribution is -0.147. The van der Waals surface area contributed by atoms with Gasteiger partial charge in [0.15, 0.2) is 0 Å². The Hall–Kier alpha value is -1.11. The molecule has 0 fully saturated rings. The smallest absolute Gasteiger partial charge is 0.314 e. The van der Waals surface area contributed by atoms with Crippen LogP contribution in [0.2, 0.25) is 0 Å². The number of hydrogen-bond donors (Lipinski definition) is 2. The second kappa shape index (κ2) is 7.31. The Morgan fingerprint density at radius 1 is 1.07 bits per heavy atom. The number of carboxylic acids is 2. The van der Waals surface area contributed by atoms with Crippen molar-refractivity contribution in [2.75, 3.05) is 0 Å². The minimum atomic E-state index is -1.31. The van der Waals surface area contributed by atoms with Crippen molar-refractivity contribution in [1.82, 2.24) is 0 Å². The first-order valence-electron chi connectivity index (χ1n) is 3.66. The van der Waals surface area contributed by atoms with E-state index in [1.807, 2.05) is 18.2 Å². The Bertz CT molecular complexity index is 285. The highest BCUT2D eigenvalue weighted by molar-refractivity contribution is 14.1. The molecule has 0 saturated carbocycles. The summed E-state index contributed by atoms with van der Waals surface area (Å²) in [5.74, 6) is -2.62. The Balaban J connectivity index is 0.000000241. The highest BCUT2D eigenvalue weighted by atomic mass is 127. The van der Waals surface area contributed by atoms with Gasteiger partial charge in [0.1, 0.15) is 6.42 Å². The van der Waals surface area contributed by atoms with E-state index in [1.165, 1.54) is 3.57 Å². The zero-order valence-corrected chi connectivity index (χ0v) is 9.34. The first-order valence-corrected chi connectivity index (χ1v) is 4.74. The van der Waals surface area contributed by atoms with Crippen LogP contribution in [-0.4, -0.2) is 22.2 Å². The zero-order chi connectivity index (χ0) is 11.0. The summed E-state index contributed by atoms with van der Waals surface area (Å²) in [4.78, 5) is 18.9. The SMILES string of the molecule is Ic1ccccc1.O=C(O)CC(=O)O. The lowest BCUT2D eigenvalue weighted by Gasteiger charge is -1.80. The molecule has 5 heteroatoms. The van der Waals surface area contributed by atoms with Gasteiger partial charge in [0, 0.05) is 3.57 Å². The predicted molar refractivity (Wildman–Crippen MR) is 59.0 cm³/mol. The van der Waals surface area contributed by atoms with Crippen molar-refractivity contribution in [2.45, 2.75) is 6.42 Å². The van der Waals surface area contributed by atoms with Crippen molar-refractivity contribution in [3.05, 3.63) is 33.9 Å². The summed E-state index contributed by atoms with van der Waals surface area (Å²) in [5.41, 5.74) is 0. The number of hydrogen-bond acceptors (Lipinski definition) is 2. The highest BCUT2D eigenvalue weighted by Crippen LogP contribution is 1.99. The van der Waals surface area contributed by atoms with Crippen LogP contribution in [0.4, 0.5) is 0 Å². The number of carbonyl (C=O) groups is 2. The van der Waals surface area contributed by atoms with E-state index >= 15 is 0 Å². The van der Waals surface area contributed by atoms with Crippen LogP contribution in [0.3, 0.4) is 0 Å². The standard InChI is InChI=1S/C6H5I.C3H4O4/c7-6-4-2-1-3-5-6;4-2(5)1-3(6)7/h1-5H;1H2,(H,4,5)(H,6,7).